The molecule has 5 heterocycles. The number of nitrogens with zero attached hydrogens (tertiary/aromatic N) is 6. The van der Waals surface area contributed by atoms with Crippen molar-refractivity contribution >= 4 is 41.2 Å². The maximum atomic E-state index is 13.4. The van der Waals surface area contributed by atoms with Crippen LogP contribution < -0.4 is 11.1 Å². The molecule has 3 saturated heterocycles. The summed E-state index contributed by atoms with van der Waals surface area (Å²) in [4.78, 5) is 55.2. The van der Waals surface area contributed by atoms with E-state index >= 15 is 0 Å². The van der Waals surface area contributed by atoms with Gasteiger partial charge in [-0.15, -0.1) is 16.9 Å². The number of carboxylic acid groups (broad SMARTS) is 1. The van der Waals surface area contributed by atoms with Crippen molar-refractivity contribution in [2.45, 2.75) is 69.5 Å². The van der Waals surface area contributed by atoms with Crippen LogP contribution in [0.25, 0.3) is 0 Å². The molecule has 2 amide bonds. The zero-order valence-corrected chi connectivity index (χ0v) is 24.4. The van der Waals surface area contributed by atoms with E-state index in [4.69, 9.17) is 11.1 Å². The molecule has 0 saturated carbocycles. The molecule has 15 nitrogen and oxygen atoms in total. The Morgan fingerprint density at radius 3 is 2.71 bits per heavy atom. The summed E-state index contributed by atoms with van der Waals surface area (Å²) in [5.41, 5.74) is 5.55. The van der Waals surface area contributed by atoms with Gasteiger partial charge in [-0.25, -0.2) is 9.48 Å². The normalized spacial score (nSPS) is 31.3. The molecule has 42 heavy (non-hydrogen) atoms. The summed E-state index contributed by atoms with van der Waals surface area (Å²) in [5.74, 6) is -2.59. The van der Waals surface area contributed by atoms with Crippen LogP contribution in [0.5, 0.6) is 0 Å². The fourth-order valence-corrected chi connectivity index (χ4v) is 8.51. The predicted octanol–water partition coefficient (Wildman–Crippen LogP) is -0.960. The van der Waals surface area contributed by atoms with E-state index in [2.05, 4.69) is 20.8 Å². The molecule has 4 aliphatic rings. The van der Waals surface area contributed by atoms with Crippen molar-refractivity contribution in [3.05, 3.63) is 16.9 Å². The number of thioether (sulfide) groups is 1. The molecule has 228 valence electrons. The first-order valence-corrected chi connectivity index (χ1v) is 15.0. The number of ketones is 1. The number of β-lactam (4-membered cyclic amide) rings is 1. The lowest BCUT2D eigenvalue weighted by atomic mass is 9.73. The van der Waals surface area contributed by atoms with E-state index in [1.165, 1.54) is 27.7 Å². The first-order chi connectivity index (χ1) is 20.0. The number of carbonyl (C=O) groups excluding carboxylic acids is 3. The maximum absolute atomic E-state index is 13.4. The van der Waals surface area contributed by atoms with Crippen LogP contribution in [-0.2, 0) is 25.7 Å². The number of hydrogen-bond acceptors (Lipinski definition) is 11. The Morgan fingerprint density at radius 2 is 2.07 bits per heavy atom. The molecule has 1 aromatic heterocycles. The number of amides is 2. The topological polar surface area (TPSA) is 221 Å². The molecule has 0 aliphatic carbocycles. The molecule has 0 spiro atoms. The van der Waals surface area contributed by atoms with Crippen LogP contribution in [-0.4, -0.2) is 113 Å². The van der Waals surface area contributed by atoms with Gasteiger partial charge in [-0.05, 0) is 35.1 Å². The largest absolute Gasteiger partial charge is 0.477 e. The zero-order chi connectivity index (χ0) is 30.3. The van der Waals surface area contributed by atoms with Gasteiger partial charge in [0.2, 0.25) is 11.8 Å². The van der Waals surface area contributed by atoms with Gasteiger partial charge in [0.05, 0.1) is 36.5 Å². The van der Waals surface area contributed by atoms with Gasteiger partial charge in [-0.1, -0.05) is 13.8 Å². The number of aliphatic hydroxyl groups excluding tert-OH is 1. The molecule has 0 bridgehead atoms. The minimum absolute atomic E-state index is 0.00431. The monoisotopic (exact) mass is 603 g/mol. The van der Waals surface area contributed by atoms with Crippen molar-refractivity contribution < 1.29 is 29.4 Å². The van der Waals surface area contributed by atoms with Gasteiger partial charge < -0.3 is 31.1 Å². The number of Topliss-reactive ketones (excluding diaryl/α,β-unsaturated/α-hetero) is 1. The van der Waals surface area contributed by atoms with Crippen molar-refractivity contribution in [1.82, 2.24) is 35.3 Å². The zero-order valence-electron chi connectivity index (χ0n) is 23.5. The predicted molar refractivity (Wildman–Crippen MR) is 150 cm³/mol. The molecule has 8 atom stereocenters. The highest BCUT2D eigenvalue weighted by Gasteiger charge is 2.60. The number of hydrogen-bond donors (Lipinski definition) is 5. The Balaban J connectivity index is 1.22. The number of likely N-dealkylation sites (tertiary alicyclic amines) is 1. The first-order valence-electron chi connectivity index (χ1n) is 14.2. The number of nitrogens with two attached hydrogens (primary N) is 1. The van der Waals surface area contributed by atoms with Crippen molar-refractivity contribution in [1.29, 1.82) is 5.41 Å². The molecule has 16 heteroatoms. The molecule has 0 aromatic carbocycles. The van der Waals surface area contributed by atoms with Crippen LogP contribution in [0.2, 0.25) is 0 Å². The minimum atomic E-state index is -1.17. The van der Waals surface area contributed by atoms with E-state index in [-0.39, 0.29) is 83.8 Å². The number of nitrogens with one attached hydrogen (secondary N) is 2. The van der Waals surface area contributed by atoms with Gasteiger partial charge in [0.1, 0.15) is 18.6 Å². The van der Waals surface area contributed by atoms with E-state index in [1.807, 2.05) is 13.8 Å². The Bertz CT molecular complexity index is 1290. The number of carbonyl (C=O) groups is 4. The summed E-state index contributed by atoms with van der Waals surface area (Å²) < 4.78 is 1.33. The van der Waals surface area contributed by atoms with E-state index in [9.17, 15) is 29.4 Å². The molecular weight excluding hydrogens is 566 g/mol. The number of rotatable bonds is 12. The van der Waals surface area contributed by atoms with Gasteiger partial charge in [0, 0.05) is 42.0 Å². The van der Waals surface area contributed by atoms with Crippen molar-refractivity contribution in [2.75, 3.05) is 19.7 Å². The number of carboxylic acids is 1. The highest BCUT2D eigenvalue weighted by molar-refractivity contribution is 8.03. The van der Waals surface area contributed by atoms with Gasteiger partial charge in [0.25, 0.3) is 0 Å². The van der Waals surface area contributed by atoms with Crippen LogP contribution in [0.3, 0.4) is 0 Å². The fraction of sp³-hybridized carbons (Fsp3) is 0.692. The summed E-state index contributed by atoms with van der Waals surface area (Å²) in [6, 6.07) is -1.14. The van der Waals surface area contributed by atoms with Gasteiger partial charge in [0.15, 0.2) is 5.78 Å². The summed E-state index contributed by atoms with van der Waals surface area (Å²) in [6.45, 7) is 4.52. The van der Waals surface area contributed by atoms with Crippen LogP contribution >= 0.6 is 11.8 Å². The number of aliphatic hydroxyl groups is 1. The molecule has 0 radical (unpaired) electrons. The van der Waals surface area contributed by atoms with Crippen molar-refractivity contribution in [3.8, 4) is 0 Å². The average molecular weight is 604 g/mol. The van der Waals surface area contributed by atoms with Crippen LogP contribution in [0, 0.1) is 29.1 Å². The summed E-state index contributed by atoms with van der Waals surface area (Å²) >= 11 is 1.40. The Morgan fingerprint density at radius 1 is 1.31 bits per heavy atom. The second kappa shape index (κ2) is 12.1. The van der Waals surface area contributed by atoms with Gasteiger partial charge in [-0.2, -0.15) is 0 Å². The van der Waals surface area contributed by atoms with Crippen LogP contribution in [0.4, 0.5) is 0 Å². The lowest BCUT2D eigenvalue weighted by Gasteiger charge is -2.47. The molecule has 5 rings (SSSR count). The highest BCUT2D eigenvalue weighted by atomic mass is 32.2. The molecule has 3 fully saturated rings. The Labute approximate surface area is 246 Å². The maximum Gasteiger partial charge on any atom is 0.353 e. The molecular formula is C26H37N9O6S. The van der Waals surface area contributed by atoms with Gasteiger partial charge in [-0.3, -0.25) is 19.8 Å². The van der Waals surface area contributed by atoms with Crippen molar-refractivity contribution in [2.24, 2.45) is 29.4 Å². The number of aromatic nitrogens is 4. The highest BCUT2D eigenvalue weighted by Crippen LogP contribution is 2.53. The lowest BCUT2D eigenvalue weighted by Crippen LogP contribution is -2.62. The second-order valence-electron chi connectivity index (χ2n) is 11.9. The summed E-state index contributed by atoms with van der Waals surface area (Å²) in [5, 5.41) is 41.4. The summed E-state index contributed by atoms with van der Waals surface area (Å²) in [7, 11) is 0. The van der Waals surface area contributed by atoms with E-state index in [0.717, 1.165) is 0 Å². The van der Waals surface area contributed by atoms with E-state index in [1.54, 1.807) is 4.90 Å². The standard InChI is InChI=1S/C26H37N9O6S/c1-12(3-16(37)9-33-11-30-31-32-33)20-21-13(2)23(22(26(40)41)35(21)25(20)39)42-17-6-18(29-7-17)24(38)34-8-14(5-19(27)28)4-15(34)10-36/h11-15,17-18,20-21,29,36H,3-10H2,1-2H3,(H3,27,28)(H,40,41)/t12-,13+,14?,15?,17-,18?,20+,21+/m0/s1. The third-order valence-corrected chi connectivity index (χ3v) is 10.4. The Kier molecular flexibility index (Phi) is 8.66. The molecule has 4 aliphatic heterocycles. The second-order valence-corrected chi connectivity index (χ2v) is 13.2. The average Bonchev–Trinajstić information content (AvgIpc) is 3.71. The van der Waals surface area contributed by atoms with Crippen LogP contribution in [0.15, 0.2) is 16.9 Å². The van der Waals surface area contributed by atoms with E-state index in [0.29, 0.717) is 37.3 Å². The number of aliphatic carboxylic acids is 1. The Hall–Kier alpha value is -3.37. The smallest absolute Gasteiger partial charge is 0.353 e. The van der Waals surface area contributed by atoms with Gasteiger partial charge >= 0.3 is 5.97 Å². The minimum Gasteiger partial charge on any atom is -0.477 e. The first kappa shape index (κ1) is 30.1. The molecule has 1 aromatic rings. The summed E-state index contributed by atoms with van der Waals surface area (Å²) in [6.07, 6.45) is 2.94. The third-order valence-electron chi connectivity index (χ3n) is 8.87. The molecule has 3 unspecified atom stereocenters. The number of amidine groups is 1. The lowest BCUT2D eigenvalue weighted by molar-refractivity contribution is -0.160. The number of fused-ring (bicyclic) bond motifs is 1. The fourth-order valence-electron chi connectivity index (χ4n) is 7.03. The quantitative estimate of drug-likeness (QED) is 0.111. The van der Waals surface area contributed by atoms with E-state index < -0.39 is 17.9 Å². The third kappa shape index (κ3) is 5.66. The van der Waals surface area contributed by atoms with Crippen LogP contribution in [0.1, 0.15) is 39.5 Å². The SMILES string of the molecule is C[C@@H](CC(=O)Cn1cnnn1)[C@H]1C(=O)N2C(C(=O)O)=C(S[C@@H]3CNC(C(=O)N4CC(CC(=N)N)CC4CO)C3)[C@H](C)[C@H]12. The molecule has 6 N–H and O–H groups in total. The number of tetrazole rings is 1. The van der Waals surface area contributed by atoms with Crippen molar-refractivity contribution in [3.63, 3.8) is 0 Å².